The number of anilines is 1. The van der Waals surface area contributed by atoms with Crippen molar-refractivity contribution in [1.82, 2.24) is 25.1 Å². The van der Waals surface area contributed by atoms with Crippen LogP contribution in [0.4, 0.5) is 10.2 Å². The average Bonchev–Trinajstić information content (AvgIpc) is 3.37. The Bertz CT molecular complexity index is 1120. The number of carbonyl (C=O) groups excluding carboxylic acids is 1. The van der Waals surface area contributed by atoms with Gasteiger partial charge in [-0.15, -0.1) is 5.10 Å². The zero-order valence-electron chi connectivity index (χ0n) is 15.5. The normalized spacial score (nSPS) is 10.8. The number of benzene rings is 2. The molecule has 0 spiro atoms. The predicted octanol–water partition coefficient (Wildman–Crippen LogP) is 3.31. The van der Waals surface area contributed by atoms with Crippen molar-refractivity contribution in [3.8, 4) is 17.1 Å². The van der Waals surface area contributed by atoms with Crippen LogP contribution in [0.25, 0.3) is 17.1 Å². The van der Waals surface area contributed by atoms with E-state index in [1.807, 2.05) is 30.3 Å². The van der Waals surface area contributed by atoms with E-state index in [-0.39, 0.29) is 17.3 Å². The molecule has 146 valence electrons. The van der Waals surface area contributed by atoms with Crippen molar-refractivity contribution in [3.63, 3.8) is 0 Å². The van der Waals surface area contributed by atoms with E-state index in [2.05, 4.69) is 25.8 Å². The van der Waals surface area contributed by atoms with E-state index < -0.39 is 0 Å². The van der Waals surface area contributed by atoms with Crippen LogP contribution in [-0.4, -0.2) is 37.5 Å². The predicted molar refractivity (Wildman–Crippen MR) is 103 cm³/mol. The van der Waals surface area contributed by atoms with Gasteiger partial charge >= 0.3 is 0 Å². The zero-order chi connectivity index (χ0) is 20.2. The molecule has 1 N–H and O–H groups in total. The molecule has 0 aliphatic heterocycles. The molecule has 8 nitrogen and oxygen atoms in total. The number of Topliss-reactive ketones (excluding diaryl/α,β-unsaturated/α-hetero) is 1. The Hall–Kier alpha value is -3.88. The van der Waals surface area contributed by atoms with Gasteiger partial charge in [0.05, 0.1) is 5.69 Å². The molecule has 2 aromatic carbocycles. The number of hydrogen-bond donors (Lipinski definition) is 1. The molecular weight excluding hydrogens is 375 g/mol. The summed E-state index contributed by atoms with van der Waals surface area (Å²) in [5.41, 5.74) is 1.65. The van der Waals surface area contributed by atoms with E-state index in [1.54, 1.807) is 12.1 Å². The highest BCUT2D eigenvalue weighted by atomic mass is 19.1. The second-order valence-electron chi connectivity index (χ2n) is 6.29. The summed E-state index contributed by atoms with van der Waals surface area (Å²) < 4.78 is 20.0. The third-order valence-electron chi connectivity index (χ3n) is 4.21. The minimum atomic E-state index is -0.360. The lowest BCUT2D eigenvalue weighted by molar-refractivity contribution is 0.101. The Morgan fingerprint density at radius 3 is 2.62 bits per heavy atom. The number of halogens is 1. The lowest BCUT2D eigenvalue weighted by Gasteiger charge is -2.09. The molecule has 2 heterocycles. The second-order valence-corrected chi connectivity index (χ2v) is 6.29. The van der Waals surface area contributed by atoms with Gasteiger partial charge in [0, 0.05) is 25.5 Å². The third-order valence-corrected chi connectivity index (χ3v) is 4.21. The molecule has 0 aliphatic carbocycles. The highest BCUT2D eigenvalue weighted by molar-refractivity contribution is 5.96. The lowest BCUT2D eigenvalue weighted by atomic mass is 10.2. The van der Waals surface area contributed by atoms with Crippen LogP contribution in [0.5, 0.6) is 0 Å². The SMILES string of the molecule is CC(=O)c1nnn(-c2ccc(F)cc2)c1NCCc1nc(-c2ccccc2)no1. The van der Waals surface area contributed by atoms with Gasteiger partial charge in [0.15, 0.2) is 17.3 Å². The van der Waals surface area contributed by atoms with Gasteiger partial charge in [-0.2, -0.15) is 9.67 Å². The molecule has 0 saturated heterocycles. The van der Waals surface area contributed by atoms with Crippen molar-refractivity contribution in [1.29, 1.82) is 0 Å². The fourth-order valence-electron chi connectivity index (χ4n) is 2.79. The van der Waals surface area contributed by atoms with Gasteiger partial charge in [-0.3, -0.25) is 4.79 Å². The lowest BCUT2D eigenvalue weighted by Crippen LogP contribution is -2.12. The van der Waals surface area contributed by atoms with E-state index in [0.717, 1.165) is 5.56 Å². The van der Waals surface area contributed by atoms with Gasteiger partial charge in [-0.1, -0.05) is 40.7 Å². The fourth-order valence-corrected chi connectivity index (χ4v) is 2.79. The first kappa shape index (κ1) is 18.5. The van der Waals surface area contributed by atoms with Crippen molar-refractivity contribution in [2.75, 3.05) is 11.9 Å². The fraction of sp³-hybridized carbons (Fsp3) is 0.150. The molecule has 0 fully saturated rings. The Kier molecular flexibility index (Phi) is 5.10. The summed E-state index contributed by atoms with van der Waals surface area (Å²) in [7, 11) is 0. The molecule has 0 amide bonds. The first-order valence-corrected chi connectivity index (χ1v) is 8.96. The Morgan fingerprint density at radius 1 is 1.14 bits per heavy atom. The molecule has 4 rings (SSSR count). The molecular formula is C20H17FN6O2. The zero-order valence-corrected chi connectivity index (χ0v) is 15.5. The summed E-state index contributed by atoms with van der Waals surface area (Å²) in [4.78, 5) is 16.3. The van der Waals surface area contributed by atoms with Gasteiger partial charge in [0.2, 0.25) is 11.7 Å². The van der Waals surface area contributed by atoms with Gasteiger partial charge in [0.25, 0.3) is 0 Å². The summed E-state index contributed by atoms with van der Waals surface area (Å²) in [6, 6.07) is 15.3. The van der Waals surface area contributed by atoms with E-state index in [4.69, 9.17) is 4.52 Å². The van der Waals surface area contributed by atoms with E-state index in [1.165, 1.54) is 23.7 Å². The molecule has 4 aromatic rings. The first-order valence-electron chi connectivity index (χ1n) is 8.96. The number of ketones is 1. The van der Waals surface area contributed by atoms with Gasteiger partial charge in [0.1, 0.15) is 5.82 Å². The molecule has 0 saturated carbocycles. The van der Waals surface area contributed by atoms with Crippen molar-refractivity contribution < 1.29 is 13.7 Å². The topological polar surface area (TPSA) is 98.7 Å². The maximum absolute atomic E-state index is 13.2. The van der Waals surface area contributed by atoms with Crippen LogP contribution in [0.15, 0.2) is 59.1 Å². The van der Waals surface area contributed by atoms with Crippen molar-refractivity contribution in [2.45, 2.75) is 13.3 Å². The minimum Gasteiger partial charge on any atom is -0.367 e. The van der Waals surface area contributed by atoms with Crippen LogP contribution < -0.4 is 5.32 Å². The molecule has 29 heavy (non-hydrogen) atoms. The summed E-state index contributed by atoms with van der Waals surface area (Å²) in [6.45, 7) is 1.82. The first-order chi connectivity index (χ1) is 14.1. The Labute approximate surface area is 165 Å². The summed E-state index contributed by atoms with van der Waals surface area (Å²) in [5, 5.41) is 15.1. The van der Waals surface area contributed by atoms with Crippen molar-refractivity contribution >= 4 is 11.6 Å². The highest BCUT2D eigenvalue weighted by Crippen LogP contribution is 2.20. The van der Waals surface area contributed by atoms with Crippen LogP contribution in [0.3, 0.4) is 0 Å². The van der Waals surface area contributed by atoms with Crippen molar-refractivity contribution in [3.05, 3.63) is 72.0 Å². The Morgan fingerprint density at radius 2 is 1.90 bits per heavy atom. The van der Waals surface area contributed by atoms with Crippen molar-refractivity contribution in [2.24, 2.45) is 0 Å². The average molecular weight is 392 g/mol. The van der Waals surface area contributed by atoms with Crippen LogP contribution >= 0.6 is 0 Å². The monoisotopic (exact) mass is 392 g/mol. The number of nitrogens with zero attached hydrogens (tertiary/aromatic N) is 5. The van der Waals surface area contributed by atoms with Crippen LogP contribution in [0.1, 0.15) is 23.3 Å². The van der Waals surface area contributed by atoms with E-state index in [0.29, 0.717) is 36.2 Å². The number of rotatable bonds is 7. The number of nitrogens with one attached hydrogen (secondary N) is 1. The Balaban J connectivity index is 1.50. The quantitative estimate of drug-likeness (QED) is 0.482. The molecule has 0 bridgehead atoms. The maximum atomic E-state index is 13.2. The van der Waals surface area contributed by atoms with Gasteiger partial charge in [-0.05, 0) is 24.3 Å². The van der Waals surface area contributed by atoms with Gasteiger partial charge < -0.3 is 9.84 Å². The third kappa shape index (κ3) is 4.03. The number of carbonyl (C=O) groups is 1. The number of aromatic nitrogens is 5. The minimum absolute atomic E-state index is 0.199. The smallest absolute Gasteiger partial charge is 0.228 e. The standard InChI is InChI=1S/C20H17FN6O2/c1-13(28)18-20(27(26-24-18)16-9-7-15(21)8-10-16)22-12-11-17-23-19(25-29-17)14-5-3-2-4-6-14/h2-10,22H,11-12H2,1H3. The maximum Gasteiger partial charge on any atom is 0.228 e. The van der Waals surface area contributed by atoms with Crippen LogP contribution in [-0.2, 0) is 6.42 Å². The van der Waals surface area contributed by atoms with Crippen LogP contribution in [0.2, 0.25) is 0 Å². The molecule has 0 unspecified atom stereocenters. The molecule has 2 aromatic heterocycles. The largest absolute Gasteiger partial charge is 0.367 e. The van der Waals surface area contributed by atoms with Gasteiger partial charge in [-0.25, -0.2) is 4.39 Å². The second kappa shape index (κ2) is 8.01. The number of hydrogen-bond acceptors (Lipinski definition) is 7. The molecule has 9 heteroatoms. The molecule has 0 atom stereocenters. The summed E-state index contributed by atoms with van der Waals surface area (Å²) >= 11 is 0. The highest BCUT2D eigenvalue weighted by Gasteiger charge is 2.18. The van der Waals surface area contributed by atoms with E-state index in [9.17, 15) is 9.18 Å². The van der Waals surface area contributed by atoms with Crippen LogP contribution in [0, 0.1) is 5.82 Å². The molecule has 0 aliphatic rings. The van der Waals surface area contributed by atoms with E-state index >= 15 is 0 Å². The summed E-state index contributed by atoms with van der Waals surface area (Å²) in [5.74, 6) is 0.808. The summed E-state index contributed by atoms with van der Waals surface area (Å²) in [6.07, 6.45) is 0.436. The molecule has 0 radical (unpaired) electrons.